The Labute approximate surface area is 257 Å². The number of fused-ring (bicyclic) bond motifs is 2. The Kier molecular flexibility index (Phi) is 7.62. The van der Waals surface area contributed by atoms with Gasteiger partial charge < -0.3 is 24.9 Å². The van der Waals surface area contributed by atoms with E-state index in [1.807, 2.05) is 30.3 Å². The average molecular weight is 622 g/mol. The minimum Gasteiger partial charge on any atom is -0.506 e. The van der Waals surface area contributed by atoms with Crippen LogP contribution in [0.5, 0.6) is 11.5 Å². The van der Waals surface area contributed by atoms with Gasteiger partial charge >= 0.3 is 5.97 Å². The molecule has 7 rings (SSSR count). The van der Waals surface area contributed by atoms with Crippen molar-refractivity contribution in [2.75, 3.05) is 7.11 Å². The predicted octanol–water partition coefficient (Wildman–Crippen LogP) is 4.24. The first kappa shape index (κ1) is 28.9. The Morgan fingerprint density at radius 2 is 1.47 bits per heavy atom. The summed E-state index contributed by atoms with van der Waals surface area (Å²) in [6.07, 6.45) is 5.86. The summed E-state index contributed by atoms with van der Waals surface area (Å²) in [6, 6.07) is 16.0. The van der Waals surface area contributed by atoms with Gasteiger partial charge in [0.15, 0.2) is 5.69 Å². The van der Waals surface area contributed by atoms with E-state index in [2.05, 4.69) is 30.0 Å². The first-order valence-corrected chi connectivity index (χ1v) is 14.1. The molecule has 0 amide bonds. The lowest BCUT2D eigenvalue weighted by Gasteiger charge is -2.05. The molecule has 0 radical (unpaired) electrons. The van der Waals surface area contributed by atoms with Gasteiger partial charge in [-0.15, -0.1) is 11.3 Å². The number of hydrogen-bond donors (Lipinski definition) is 4. The number of nitrogens with one attached hydrogen (secondary N) is 2. The van der Waals surface area contributed by atoms with Crippen molar-refractivity contribution in [1.29, 1.82) is 0 Å². The summed E-state index contributed by atoms with van der Waals surface area (Å²) in [5, 5.41) is 24.9. The van der Waals surface area contributed by atoms with E-state index in [9.17, 15) is 24.6 Å². The van der Waals surface area contributed by atoms with Gasteiger partial charge in [-0.3, -0.25) is 19.3 Å². The van der Waals surface area contributed by atoms with E-state index in [1.165, 1.54) is 30.5 Å². The Balaban J connectivity index is 0.000000159. The van der Waals surface area contributed by atoms with Crippen molar-refractivity contribution in [1.82, 2.24) is 34.7 Å². The van der Waals surface area contributed by atoms with Crippen LogP contribution in [0.1, 0.15) is 10.5 Å². The van der Waals surface area contributed by atoms with E-state index in [4.69, 9.17) is 4.74 Å². The molecular formula is C31H23N7O6S. The van der Waals surface area contributed by atoms with E-state index in [-0.39, 0.29) is 39.2 Å². The predicted molar refractivity (Wildman–Crippen MR) is 168 cm³/mol. The number of esters is 1. The van der Waals surface area contributed by atoms with Gasteiger partial charge in [-0.05, 0) is 59.7 Å². The van der Waals surface area contributed by atoms with Crippen molar-refractivity contribution in [3.05, 3.63) is 106 Å². The number of aryl methyl sites for hydroxylation is 1. The molecule has 5 heterocycles. The molecule has 0 aliphatic heterocycles. The monoisotopic (exact) mass is 621 g/mol. The number of hydrogen-bond acceptors (Lipinski definition) is 11. The van der Waals surface area contributed by atoms with Crippen LogP contribution in [-0.4, -0.2) is 58.0 Å². The summed E-state index contributed by atoms with van der Waals surface area (Å²) in [6.45, 7) is 0. The van der Waals surface area contributed by atoms with Gasteiger partial charge in [0.25, 0.3) is 11.1 Å². The minimum absolute atomic E-state index is 0.00335. The Morgan fingerprint density at radius 3 is 2.09 bits per heavy atom. The van der Waals surface area contributed by atoms with Crippen LogP contribution in [0.15, 0.2) is 89.2 Å². The summed E-state index contributed by atoms with van der Waals surface area (Å²) in [4.78, 5) is 54.8. The number of thiophene rings is 1. The molecule has 7 aromatic rings. The average Bonchev–Trinajstić information content (AvgIpc) is 3.70. The number of carbonyl (C=O) groups is 1. The summed E-state index contributed by atoms with van der Waals surface area (Å²) in [7, 11) is 2.92. The number of aromatic amines is 2. The van der Waals surface area contributed by atoms with E-state index in [1.54, 1.807) is 49.0 Å². The molecule has 0 bridgehead atoms. The molecule has 45 heavy (non-hydrogen) atoms. The maximum atomic E-state index is 11.9. The number of aromatic hydroxyl groups is 2. The van der Waals surface area contributed by atoms with Gasteiger partial charge in [-0.25, -0.2) is 14.8 Å². The number of H-pyrrole nitrogens is 2. The Bertz CT molecular complexity index is 2330. The summed E-state index contributed by atoms with van der Waals surface area (Å²) in [5.41, 5.74) is 2.54. The highest BCUT2D eigenvalue weighted by Gasteiger charge is 2.20. The molecule has 0 unspecified atom stereocenters. The third-order valence-electron chi connectivity index (χ3n) is 6.77. The number of ether oxygens (including phenoxy) is 1. The normalized spacial score (nSPS) is 10.9. The molecule has 0 spiro atoms. The Morgan fingerprint density at radius 1 is 0.844 bits per heavy atom. The van der Waals surface area contributed by atoms with E-state index in [0.29, 0.717) is 22.0 Å². The van der Waals surface area contributed by atoms with Gasteiger partial charge in [0.2, 0.25) is 0 Å². The van der Waals surface area contributed by atoms with Crippen LogP contribution >= 0.6 is 11.3 Å². The molecule has 0 fully saturated rings. The summed E-state index contributed by atoms with van der Waals surface area (Å²) >= 11 is 1.56. The second-order valence-corrected chi connectivity index (χ2v) is 10.8. The molecule has 0 aliphatic rings. The number of phenolic OH excluding ortho intramolecular Hbond substituents is 2. The molecule has 2 aromatic carbocycles. The van der Waals surface area contributed by atoms with Crippen molar-refractivity contribution in [2.45, 2.75) is 0 Å². The van der Waals surface area contributed by atoms with Crippen LogP contribution < -0.4 is 11.1 Å². The highest BCUT2D eigenvalue weighted by atomic mass is 32.1. The molecule has 13 nitrogen and oxygen atoms in total. The van der Waals surface area contributed by atoms with Crippen LogP contribution in [0.3, 0.4) is 0 Å². The largest absolute Gasteiger partial charge is 0.506 e. The fourth-order valence-electron chi connectivity index (χ4n) is 4.71. The number of carbonyl (C=O) groups excluding carboxylic acids is 1. The van der Waals surface area contributed by atoms with E-state index in [0.717, 1.165) is 21.0 Å². The standard InChI is InChI=1S/C17H11N3O2S.C14H12N4O4/c21-13-8-10(7-11-16(13)19-9-20-17(11)22)14-4-5-15(23-14)12-3-1-2-6-18-12;1-18-5-9(12(17-18)14(21)22-2)7-3-8-11(10(19)4-7)15-6-16-13(8)20/h1-9,21H,(H,19,20,22);3-6,19H,1-2H3,(H,15,16,20). The number of methoxy groups -OCH3 is 1. The Hall–Kier alpha value is -6.15. The number of nitrogens with zero attached hydrogens (tertiary/aromatic N) is 5. The van der Waals surface area contributed by atoms with Gasteiger partial charge in [0.05, 0.1) is 41.1 Å². The topological polar surface area (TPSA) is 189 Å². The molecule has 0 atom stereocenters. The zero-order chi connectivity index (χ0) is 31.7. The van der Waals surface area contributed by atoms with Crippen LogP contribution in [0.2, 0.25) is 0 Å². The quantitative estimate of drug-likeness (QED) is 0.207. The first-order chi connectivity index (χ1) is 21.7. The van der Waals surface area contributed by atoms with Crippen molar-refractivity contribution < 1.29 is 19.7 Å². The van der Waals surface area contributed by atoms with Gasteiger partial charge in [0, 0.05) is 29.9 Å². The van der Waals surface area contributed by atoms with E-state index >= 15 is 0 Å². The van der Waals surface area contributed by atoms with Crippen molar-refractivity contribution in [2.24, 2.45) is 7.05 Å². The van der Waals surface area contributed by atoms with Crippen LogP contribution in [-0.2, 0) is 11.8 Å². The molecule has 14 heteroatoms. The van der Waals surface area contributed by atoms with Crippen molar-refractivity contribution in [3.8, 4) is 43.6 Å². The van der Waals surface area contributed by atoms with Crippen molar-refractivity contribution in [3.63, 3.8) is 0 Å². The summed E-state index contributed by atoms with van der Waals surface area (Å²) in [5.74, 6) is -0.759. The third-order valence-corrected chi connectivity index (χ3v) is 7.93. The third kappa shape index (κ3) is 5.64. The molecule has 0 saturated carbocycles. The van der Waals surface area contributed by atoms with Crippen molar-refractivity contribution >= 4 is 39.1 Å². The molecule has 0 saturated heterocycles. The maximum absolute atomic E-state index is 11.9. The molecule has 0 aliphatic carbocycles. The van der Waals surface area contributed by atoms with Crippen LogP contribution in [0.4, 0.5) is 0 Å². The number of rotatable bonds is 4. The SMILES string of the molecule is COC(=O)c1nn(C)cc1-c1cc(O)c2nc[nH]c(=O)c2c1.O=c1[nH]cnc2c(O)cc(-c3ccc(-c4ccccn4)s3)cc12. The van der Waals surface area contributed by atoms with Crippen LogP contribution in [0, 0.1) is 0 Å². The van der Waals surface area contributed by atoms with E-state index < -0.39 is 5.97 Å². The van der Waals surface area contributed by atoms with Gasteiger partial charge in [0.1, 0.15) is 22.5 Å². The lowest BCUT2D eigenvalue weighted by atomic mass is 10.0. The number of aromatic nitrogens is 7. The fraction of sp³-hybridized carbons (Fsp3) is 0.0645. The smallest absolute Gasteiger partial charge is 0.359 e. The minimum atomic E-state index is -0.602. The number of benzene rings is 2. The molecule has 5 aromatic heterocycles. The second kappa shape index (κ2) is 11.9. The first-order valence-electron chi connectivity index (χ1n) is 13.3. The van der Waals surface area contributed by atoms with Gasteiger partial charge in [-0.2, -0.15) is 5.10 Å². The number of phenols is 2. The second-order valence-electron chi connectivity index (χ2n) is 9.68. The fourth-order valence-corrected chi connectivity index (χ4v) is 5.68. The highest BCUT2D eigenvalue weighted by Crippen LogP contribution is 2.36. The summed E-state index contributed by atoms with van der Waals surface area (Å²) < 4.78 is 6.15. The lowest BCUT2D eigenvalue weighted by molar-refractivity contribution is 0.0594. The lowest BCUT2D eigenvalue weighted by Crippen LogP contribution is -2.07. The maximum Gasteiger partial charge on any atom is 0.359 e. The van der Waals surface area contributed by atoms with Crippen LogP contribution in [0.25, 0.3) is 53.9 Å². The molecular weight excluding hydrogens is 598 g/mol. The molecule has 224 valence electrons. The molecule has 4 N–H and O–H groups in total. The highest BCUT2D eigenvalue weighted by molar-refractivity contribution is 7.18. The number of pyridine rings is 1. The van der Waals surface area contributed by atoms with Gasteiger partial charge in [-0.1, -0.05) is 6.07 Å². The zero-order valence-electron chi connectivity index (χ0n) is 23.7. The zero-order valence-corrected chi connectivity index (χ0v) is 24.5.